The SMILES string of the molecule is Clc1cc(Cl)cc(C2=CCN[C]=C2)c1. The van der Waals surface area contributed by atoms with Gasteiger partial charge in [-0.3, -0.25) is 0 Å². The van der Waals surface area contributed by atoms with Gasteiger partial charge in [0.15, 0.2) is 0 Å². The van der Waals surface area contributed by atoms with E-state index in [9.17, 15) is 0 Å². The number of nitrogens with one attached hydrogen (secondary N) is 1. The Kier molecular flexibility index (Phi) is 2.80. The van der Waals surface area contributed by atoms with Gasteiger partial charge in [-0.1, -0.05) is 29.3 Å². The first-order valence-electron chi connectivity index (χ1n) is 4.24. The number of rotatable bonds is 1. The molecule has 0 saturated carbocycles. The molecule has 1 aliphatic heterocycles. The first kappa shape index (κ1) is 9.63. The highest BCUT2D eigenvalue weighted by atomic mass is 35.5. The third-order valence-electron chi connectivity index (χ3n) is 1.95. The molecule has 1 aliphatic rings. The summed E-state index contributed by atoms with van der Waals surface area (Å²) in [5, 5.41) is 4.27. The molecule has 0 spiro atoms. The zero-order valence-corrected chi connectivity index (χ0v) is 8.86. The van der Waals surface area contributed by atoms with Gasteiger partial charge in [0.05, 0.1) is 6.20 Å². The van der Waals surface area contributed by atoms with E-state index in [0.29, 0.717) is 10.0 Å². The third kappa shape index (κ3) is 2.11. The Bertz CT molecular complexity index is 387. The van der Waals surface area contributed by atoms with Crippen LogP contribution in [0.1, 0.15) is 5.56 Å². The van der Waals surface area contributed by atoms with Crippen LogP contribution >= 0.6 is 23.2 Å². The van der Waals surface area contributed by atoms with Crippen LogP contribution in [-0.4, -0.2) is 6.54 Å². The molecular formula is C11H8Cl2N. The van der Waals surface area contributed by atoms with E-state index in [0.717, 1.165) is 17.7 Å². The molecule has 0 fully saturated rings. The van der Waals surface area contributed by atoms with E-state index >= 15 is 0 Å². The molecule has 0 amide bonds. The van der Waals surface area contributed by atoms with E-state index in [4.69, 9.17) is 23.2 Å². The molecule has 0 bridgehead atoms. The minimum atomic E-state index is 0.653. The number of dihydropyridines is 1. The summed E-state index contributed by atoms with van der Waals surface area (Å²) in [5.74, 6) is 0. The minimum Gasteiger partial charge on any atom is -0.380 e. The molecule has 14 heavy (non-hydrogen) atoms. The van der Waals surface area contributed by atoms with Gasteiger partial charge < -0.3 is 5.32 Å². The van der Waals surface area contributed by atoms with Gasteiger partial charge in [0.25, 0.3) is 0 Å². The third-order valence-corrected chi connectivity index (χ3v) is 2.39. The molecule has 1 radical (unpaired) electrons. The Morgan fingerprint density at radius 1 is 1.14 bits per heavy atom. The number of allylic oxidation sites excluding steroid dienone is 2. The summed E-state index contributed by atoms with van der Waals surface area (Å²) < 4.78 is 0. The van der Waals surface area contributed by atoms with Gasteiger partial charge in [-0.05, 0) is 35.4 Å². The van der Waals surface area contributed by atoms with Crippen molar-refractivity contribution in [2.45, 2.75) is 0 Å². The van der Waals surface area contributed by atoms with Crippen molar-refractivity contribution in [3.05, 3.63) is 52.2 Å². The van der Waals surface area contributed by atoms with Crippen molar-refractivity contribution in [3.63, 3.8) is 0 Å². The molecule has 2 rings (SSSR count). The predicted molar refractivity (Wildman–Crippen MR) is 60.3 cm³/mol. The fraction of sp³-hybridized carbons (Fsp3) is 0.0909. The largest absolute Gasteiger partial charge is 0.380 e. The van der Waals surface area contributed by atoms with Crippen LogP contribution in [0.5, 0.6) is 0 Å². The monoisotopic (exact) mass is 224 g/mol. The summed E-state index contributed by atoms with van der Waals surface area (Å²) in [4.78, 5) is 0. The van der Waals surface area contributed by atoms with Crippen molar-refractivity contribution in [2.75, 3.05) is 6.54 Å². The van der Waals surface area contributed by atoms with Crippen molar-refractivity contribution in [3.8, 4) is 0 Å². The maximum absolute atomic E-state index is 5.91. The number of halogens is 2. The van der Waals surface area contributed by atoms with E-state index in [-0.39, 0.29) is 0 Å². The van der Waals surface area contributed by atoms with Crippen LogP contribution in [0.25, 0.3) is 5.57 Å². The predicted octanol–water partition coefficient (Wildman–Crippen LogP) is 3.30. The minimum absolute atomic E-state index is 0.653. The second-order valence-corrected chi connectivity index (χ2v) is 3.86. The molecule has 1 heterocycles. The molecule has 1 nitrogen and oxygen atoms in total. The highest BCUT2D eigenvalue weighted by molar-refractivity contribution is 6.34. The van der Waals surface area contributed by atoms with Crippen molar-refractivity contribution >= 4 is 28.8 Å². The van der Waals surface area contributed by atoms with Crippen LogP contribution in [0.2, 0.25) is 10.0 Å². The number of benzene rings is 1. The van der Waals surface area contributed by atoms with Gasteiger partial charge in [-0.25, -0.2) is 0 Å². The first-order valence-corrected chi connectivity index (χ1v) is 4.99. The molecule has 0 atom stereocenters. The lowest BCUT2D eigenvalue weighted by atomic mass is 10.0. The molecule has 1 aromatic rings. The number of hydrogen-bond donors (Lipinski definition) is 1. The Balaban J connectivity index is 2.40. The lowest BCUT2D eigenvalue weighted by Gasteiger charge is -2.08. The lowest BCUT2D eigenvalue weighted by molar-refractivity contribution is 0.945. The highest BCUT2D eigenvalue weighted by Crippen LogP contribution is 2.25. The average molecular weight is 225 g/mol. The van der Waals surface area contributed by atoms with E-state index in [1.165, 1.54) is 0 Å². The zero-order valence-electron chi connectivity index (χ0n) is 7.35. The molecule has 0 aliphatic carbocycles. The summed E-state index contributed by atoms with van der Waals surface area (Å²) in [6.07, 6.45) is 6.89. The lowest BCUT2D eigenvalue weighted by Crippen LogP contribution is -2.09. The molecule has 1 N–H and O–H groups in total. The molecular weight excluding hydrogens is 217 g/mol. The highest BCUT2D eigenvalue weighted by Gasteiger charge is 2.03. The van der Waals surface area contributed by atoms with Gasteiger partial charge in [-0.2, -0.15) is 0 Å². The van der Waals surface area contributed by atoms with Crippen LogP contribution in [-0.2, 0) is 0 Å². The van der Waals surface area contributed by atoms with Crippen LogP contribution in [0.3, 0.4) is 0 Å². The molecule has 71 valence electrons. The maximum Gasteiger partial charge on any atom is 0.0584 e. The summed E-state index contributed by atoms with van der Waals surface area (Å²) in [6.45, 7) is 0.788. The topological polar surface area (TPSA) is 12.0 Å². The van der Waals surface area contributed by atoms with Crippen LogP contribution < -0.4 is 5.32 Å². The van der Waals surface area contributed by atoms with Gasteiger partial charge in [-0.15, -0.1) is 0 Å². The molecule has 0 aromatic heterocycles. The van der Waals surface area contributed by atoms with E-state index in [2.05, 4.69) is 17.6 Å². The Morgan fingerprint density at radius 3 is 2.43 bits per heavy atom. The summed E-state index contributed by atoms with van der Waals surface area (Å²) in [7, 11) is 0. The summed E-state index contributed by atoms with van der Waals surface area (Å²) >= 11 is 11.8. The maximum atomic E-state index is 5.91. The fourth-order valence-corrected chi connectivity index (χ4v) is 1.86. The standard InChI is InChI=1S/C11H8Cl2N/c12-10-5-9(6-11(13)7-10)8-1-3-14-4-2-8/h1-2,5-7,14H,3H2. The fourth-order valence-electron chi connectivity index (χ4n) is 1.33. The Labute approximate surface area is 93.0 Å². The second kappa shape index (κ2) is 4.07. The van der Waals surface area contributed by atoms with E-state index in [1.54, 1.807) is 6.07 Å². The Hall–Kier alpha value is -0.920. The van der Waals surface area contributed by atoms with Crippen molar-refractivity contribution < 1.29 is 0 Å². The van der Waals surface area contributed by atoms with Gasteiger partial charge >= 0.3 is 0 Å². The molecule has 3 heteroatoms. The Morgan fingerprint density at radius 2 is 1.86 bits per heavy atom. The summed E-state index contributed by atoms with van der Waals surface area (Å²) in [5.41, 5.74) is 2.12. The number of hydrogen-bond acceptors (Lipinski definition) is 1. The van der Waals surface area contributed by atoms with E-state index < -0.39 is 0 Å². The van der Waals surface area contributed by atoms with Gasteiger partial charge in [0.2, 0.25) is 0 Å². The van der Waals surface area contributed by atoms with Crippen molar-refractivity contribution in [1.29, 1.82) is 0 Å². The van der Waals surface area contributed by atoms with Crippen LogP contribution in [0, 0.1) is 6.20 Å². The van der Waals surface area contributed by atoms with Crippen LogP contribution in [0.4, 0.5) is 0 Å². The van der Waals surface area contributed by atoms with E-state index in [1.807, 2.05) is 18.2 Å². The average Bonchev–Trinajstić information content (AvgIpc) is 2.18. The normalized spacial score (nSPS) is 14.9. The zero-order chi connectivity index (χ0) is 9.97. The quantitative estimate of drug-likeness (QED) is 0.773. The second-order valence-electron chi connectivity index (χ2n) is 2.99. The molecule has 0 saturated heterocycles. The summed E-state index contributed by atoms with van der Waals surface area (Å²) in [6, 6.07) is 5.51. The van der Waals surface area contributed by atoms with Crippen molar-refractivity contribution in [2.24, 2.45) is 0 Å². The van der Waals surface area contributed by atoms with Crippen LogP contribution in [0.15, 0.2) is 30.4 Å². The molecule has 0 unspecified atom stereocenters. The van der Waals surface area contributed by atoms with Crippen molar-refractivity contribution in [1.82, 2.24) is 5.32 Å². The first-order chi connectivity index (χ1) is 6.75. The smallest absolute Gasteiger partial charge is 0.0584 e. The van der Waals surface area contributed by atoms with Gasteiger partial charge in [0, 0.05) is 16.6 Å². The molecule has 1 aromatic carbocycles. The van der Waals surface area contributed by atoms with Gasteiger partial charge in [0.1, 0.15) is 0 Å².